The van der Waals surface area contributed by atoms with Crippen LogP contribution in [0.3, 0.4) is 0 Å². The van der Waals surface area contributed by atoms with Gasteiger partial charge in [-0.05, 0) is 31.4 Å². The van der Waals surface area contributed by atoms with E-state index in [0.717, 1.165) is 38.4 Å². The molecule has 1 aliphatic rings. The van der Waals surface area contributed by atoms with Crippen LogP contribution in [-0.4, -0.2) is 32.8 Å². The molecule has 0 saturated carbocycles. The van der Waals surface area contributed by atoms with E-state index in [4.69, 9.17) is 9.15 Å². The lowest BCUT2D eigenvalue weighted by Crippen LogP contribution is -2.27. The molecule has 1 fully saturated rings. The molecule has 2 rings (SSSR count). The van der Waals surface area contributed by atoms with E-state index in [1.165, 1.54) is 13.4 Å². The van der Waals surface area contributed by atoms with E-state index in [-0.39, 0.29) is 5.97 Å². The second kappa shape index (κ2) is 6.56. The molecule has 1 saturated heterocycles. The summed E-state index contributed by atoms with van der Waals surface area (Å²) in [7, 11) is 1.36. The van der Waals surface area contributed by atoms with Crippen molar-refractivity contribution in [2.24, 2.45) is 5.92 Å². The first-order valence-corrected chi connectivity index (χ1v) is 6.24. The second-order valence-electron chi connectivity index (χ2n) is 4.48. The Balaban J connectivity index is 1.72. The maximum atomic E-state index is 11.2. The van der Waals surface area contributed by atoms with E-state index in [1.807, 2.05) is 0 Å². The van der Waals surface area contributed by atoms with E-state index in [1.54, 1.807) is 6.07 Å². The number of nitrogens with one attached hydrogen (secondary N) is 1. The fraction of sp³-hybridized carbons (Fsp3) is 0.615. The lowest BCUT2D eigenvalue weighted by molar-refractivity contribution is 0.0600. The molecule has 0 amide bonds. The Hall–Kier alpha value is -1.33. The third-order valence-corrected chi connectivity index (χ3v) is 3.15. The molecule has 0 bridgehead atoms. The molecule has 1 aromatic rings. The summed E-state index contributed by atoms with van der Waals surface area (Å²) < 4.78 is 15.2. The molecule has 5 nitrogen and oxygen atoms in total. The van der Waals surface area contributed by atoms with Crippen LogP contribution in [0.5, 0.6) is 0 Å². The highest BCUT2D eigenvalue weighted by Gasteiger charge is 2.14. The number of furan rings is 1. The van der Waals surface area contributed by atoms with Gasteiger partial charge in [-0.25, -0.2) is 4.79 Å². The molecule has 1 aliphatic heterocycles. The Bertz CT molecular complexity index is 382. The third-order valence-electron chi connectivity index (χ3n) is 3.15. The van der Waals surface area contributed by atoms with Crippen LogP contribution in [0.15, 0.2) is 16.7 Å². The Labute approximate surface area is 106 Å². The molecule has 1 N–H and O–H groups in total. The standard InChI is InChI=1S/C13H19NO4/c1-16-13(15)11-6-12(18-9-11)8-14-7-10-2-4-17-5-3-10/h6,9-10,14H,2-5,7-8H2,1H3. The lowest BCUT2D eigenvalue weighted by atomic mass is 10.0. The van der Waals surface area contributed by atoms with Crippen LogP contribution in [-0.2, 0) is 16.0 Å². The Morgan fingerprint density at radius 3 is 3.00 bits per heavy atom. The zero-order valence-electron chi connectivity index (χ0n) is 10.6. The fourth-order valence-corrected chi connectivity index (χ4v) is 2.05. The number of carbonyl (C=O) groups is 1. The van der Waals surface area contributed by atoms with E-state index in [2.05, 4.69) is 10.1 Å². The zero-order chi connectivity index (χ0) is 12.8. The van der Waals surface area contributed by atoms with Crippen molar-refractivity contribution in [3.8, 4) is 0 Å². The summed E-state index contributed by atoms with van der Waals surface area (Å²) in [4.78, 5) is 11.2. The number of hydrogen-bond donors (Lipinski definition) is 1. The topological polar surface area (TPSA) is 60.7 Å². The van der Waals surface area contributed by atoms with Gasteiger partial charge >= 0.3 is 5.97 Å². The van der Waals surface area contributed by atoms with Gasteiger partial charge in [0.25, 0.3) is 0 Å². The number of carbonyl (C=O) groups excluding carboxylic acids is 1. The molecular formula is C13H19NO4. The predicted molar refractivity (Wildman–Crippen MR) is 65.3 cm³/mol. The quantitative estimate of drug-likeness (QED) is 0.807. The number of esters is 1. The van der Waals surface area contributed by atoms with Gasteiger partial charge in [-0.15, -0.1) is 0 Å². The molecule has 100 valence electrons. The van der Waals surface area contributed by atoms with Crippen molar-refractivity contribution in [2.45, 2.75) is 19.4 Å². The van der Waals surface area contributed by atoms with Gasteiger partial charge in [0.15, 0.2) is 0 Å². The fourth-order valence-electron chi connectivity index (χ4n) is 2.05. The minimum absolute atomic E-state index is 0.366. The molecular weight excluding hydrogens is 234 g/mol. The summed E-state index contributed by atoms with van der Waals surface area (Å²) in [5.41, 5.74) is 0.459. The van der Waals surface area contributed by atoms with Gasteiger partial charge in [0.05, 0.1) is 19.2 Å². The number of rotatable bonds is 5. The van der Waals surface area contributed by atoms with Crippen molar-refractivity contribution in [2.75, 3.05) is 26.9 Å². The van der Waals surface area contributed by atoms with E-state index >= 15 is 0 Å². The maximum Gasteiger partial charge on any atom is 0.341 e. The molecule has 0 unspecified atom stereocenters. The Morgan fingerprint density at radius 1 is 1.50 bits per heavy atom. The van der Waals surface area contributed by atoms with E-state index in [0.29, 0.717) is 18.0 Å². The molecule has 1 aromatic heterocycles. The largest absolute Gasteiger partial charge is 0.467 e. The number of hydrogen-bond acceptors (Lipinski definition) is 5. The van der Waals surface area contributed by atoms with Crippen LogP contribution < -0.4 is 5.32 Å². The second-order valence-corrected chi connectivity index (χ2v) is 4.48. The Morgan fingerprint density at radius 2 is 2.28 bits per heavy atom. The van der Waals surface area contributed by atoms with Gasteiger partial charge < -0.3 is 19.2 Å². The first kappa shape index (κ1) is 13.1. The molecule has 0 aliphatic carbocycles. The zero-order valence-corrected chi connectivity index (χ0v) is 10.6. The van der Waals surface area contributed by atoms with E-state index in [9.17, 15) is 4.79 Å². The molecule has 5 heteroatoms. The van der Waals surface area contributed by atoms with Gasteiger partial charge in [-0.1, -0.05) is 0 Å². The molecule has 18 heavy (non-hydrogen) atoms. The van der Waals surface area contributed by atoms with Crippen LogP contribution in [0.4, 0.5) is 0 Å². The highest BCUT2D eigenvalue weighted by Crippen LogP contribution is 2.14. The summed E-state index contributed by atoms with van der Waals surface area (Å²) in [5.74, 6) is 1.06. The Kier molecular flexibility index (Phi) is 4.78. The average Bonchev–Trinajstić information content (AvgIpc) is 2.88. The highest BCUT2D eigenvalue weighted by atomic mass is 16.5. The van der Waals surface area contributed by atoms with Crippen molar-refractivity contribution in [1.82, 2.24) is 5.32 Å². The number of ether oxygens (including phenoxy) is 2. The molecule has 0 atom stereocenters. The summed E-state index contributed by atoms with van der Waals surface area (Å²) in [5, 5.41) is 3.34. The van der Waals surface area contributed by atoms with Crippen LogP contribution >= 0.6 is 0 Å². The van der Waals surface area contributed by atoms with Crippen molar-refractivity contribution >= 4 is 5.97 Å². The van der Waals surface area contributed by atoms with Crippen molar-refractivity contribution in [3.05, 3.63) is 23.7 Å². The van der Waals surface area contributed by atoms with Crippen LogP contribution in [0.25, 0.3) is 0 Å². The van der Waals surface area contributed by atoms with Crippen LogP contribution in [0.1, 0.15) is 29.0 Å². The monoisotopic (exact) mass is 253 g/mol. The minimum Gasteiger partial charge on any atom is -0.467 e. The van der Waals surface area contributed by atoms with Crippen molar-refractivity contribution < 1.29 is 18.7 Å². The van der Waals surface area contributed by atoms with Gasteiger partial charge in [-0.3, -0.25) is 0 Å². The average molecular weight is 253 g/mol. The van der Waals surface area contributed by atoms with Crippen LogP contribution in [0.2, 0.25) is 0 Å². The summed E-state index contributed by atoms with van der Waals surface area (Å²) in [6.45, 7) is 3.31. The third kappa shape index (κ3) is 3.58. The summed E-state index contributed by atoms with van der Waals surface area (Å²) >= 11 is 0. The SMILES string of the molecule is COC(=O)c1coc(CNCC2CCOCC2)c1. The minimum atomic E-state index is -0.366. The number of methoxy groups -OCH3 is 1. The smallest absolute Gasteiger partial charge is 0.341 e. The van der Waals surface area contributed by atoms with Gasteiger partial charge in [0.2, 0.25) is 0 Å². The lowest BCUT2D eigenvalue weighted by Gasteiger charge is -2.21. The highest BCUT2D eigenvalue weighted by molar-refractivity contribution is 5.88. The van der Waals surface area contributed by atoms with Gasteiger partial charge in [0.1, 0.15) is 12.0 Å². The van der Waals surface area contributed by atoms with Gasteiger partial charge in [0, 0.05) is 13.2 Å². The van der Waals surface area contributed by atoms with Gasteiger partial charge in [-0.2, -0.15) is 0 Å². The summed E-state index contributed by atoms with van der Waals surface area (Å²) in [6.07, 6.45) is 3.65. The first-order chi connectivity index (χ1) is 8.79. The summed E-state index contributed by atoms with van der Waals surface area (Å²) in [6, 6.07) is 1.71. The van der Waals surface area contributed by atoms with Crippen molar-refractivity contribution in [1.29, 1.82) is 0 Å². The normalized spacial score (nSPS) is 16.7. The molecule has 2 heterocycles. The molecule has 0 radical (unpaired) electrons. The van der Waals surface area contributed by atoms with Crippen molar-refractivity contribution in [3.63, 3.8) is 0 Å². The first-order valence-electron chi connectivity index (χ1n) is 6.24. The predicted octanol–water partition coefficient (Wildman–Crippen LogP) is 1.58. The van der Waals surface area contributed by atoms with E-state index < -0.39 is 0 Å². The molecule has 0 aromatic carbocycles. The maximum absolute atomic E-state index is 11.2. The molecule has 0 spiro atoms. The van der Waals surface area contributed by atoms with Crippen LogP contribution in [0, 0.1) is 5.92 Å².